The molecular weight excluding hydrogens is 282 g/mol. The summed E-state index contributed by atoms with van der Waals surface area (Å²) in [6.45, 7) is 4.43. The van der Waals surface area contributed by atoms with Crippen LogP contribution in [0.3, 0.4) is 0 Å². The molecule has 0 spiro atoms. The predicted octanol–water partition coefficient (Wildman–Crippen LogP) is 3.39. The highest BCUT2D eigenvalue weighted by Crippen LogP contribution is 2.26. The Labute approximate surface area is 122 Å². The highest BCUT2D eigenvalue weighted by atomic mass is 35.5. The van der Waals surface area contributed by atoms with Crippen LogP contribution < -0.4 is 0 Å². The summed E-state index contributed by atoms with van der Waals surface area (Å²) in [5.41, 5.74) is 1.62. The van der Waals surface area contributed by atoms with Crippen molar-refractivity contribution in [2.75, 3.05) is 13.6 Å². The summed E-state index contributed by atoms with van der Waals surface area (Å²) < 4.78 is 2.29. The number of H-pyrrole nitrogens is 1. The van der Waals surface area contributed by atoms with E-state index < -0.39 is 0 Å². The van der Waals surface area contributed by atoms with Crippen molar-refractivity contribution in [1.82, 2.24) is 14.5 Å². The molecule has 0 aliphatic carbocycles. The lowest BCUT2D eigenvalue weighted by molar-refractivity contribution is -0.132. The summed E-state index contributed by atoms with van der Waals surface area (Å²) in [7, 11) is 1.78. The molecule has 1 N–H and O–H groups in total. The molecule has 1 heterocycles. The standard InChI is InChI=1S/C13H16ClN3OS/c1-4-16(3)12(18)8(2)17-11-9(14)6-5-7-10(11)15-13(17)19/h5-8H,4H2,1-3H3,(H,15,19). The second kappa shape index (κ2) is 5.35. The first-order valence-electron chi connectivity index (χ1n) is 6.11. The number of aromatic nitrogens is 2. The van der Waals surface area contributed by atoms with E-state index in [1.807, 2.05) is 26.0 Å². The predicted molar refractivity (Wildman–Crippen MR) is 80.2 cm³/mol. The van der Waals surface area contributed by atoms with Gasteiger partial charge in [0.1, 0.15) is 6.04 Å². The quantitative estimate of drug-likeness (QED) is 0.882. The molecular formula is C13H16ClN3OS. The molecule has 1 atom stereocenters. The molecule has 1 aromatic carbocycles. The monoisotopic (exact) mass is 297 g/mol. The van der Waals surface area contributed by atoms with E-state index in [1.165, 1.54) is 0 Å². The third kappa shape index (κ3) is 2.40. The molecule has 0 fully saturated rings. The van der Waals surface area contributed by atoms with E-state index in [0.29, 0.717) is 16.3 Å². The molecule has 0 bridgehead atoms. The molecule has 19 heavy (non-hydrogen) atoms. The van der Waals surface area contributed by atoms with Gasteiger partial charge in [0.2, 0.25) is 5.91 Å². The number of likely N-dealkylation sites (N-methyl/N-ethyl adjacent to an activating group) is 1. The normalized spacial score (nSPS) is 12.6. The van der Waals surface area contributed by atoms with Crippen molar-refractivity contribution in [3.05, 3.63) is 28.0 Å². The minimum absolute atomic E-state index is 0.0134. The smallest absolute Gasteiger partial charge is 0.245 e. The van der Waals surface area contributed by atoms with Gasteiger partial charge in [-0.05, 0) is 38.2 Å². The summed E-state index contributed by atoms with van der Waals surface area (Å²) in [4.78, 5) is 17.0. The molecule has 0 aliphatic heterocycles. The van der Waals surface area contributed by atoms with Crippen LogP contribution in [-0.2, 0) is 4.79 Å². The number of carbonyl (C=O) groups is 1. The molecule has 4 nitrogen and oxygen atoms in total. The molecule has 0 aliphatic rings. The number of halogens is 1. The number of imidazole rings is 1. The van der Waals surface area contributed by atoms with Gasteiger partial charge in [0.25, 0.3) is 0 Å². The molecule has 102 valence electrons. The Kier molecular flexibility index (Phi) is 3.96. The van der Waals surface area contributed by atoms with Gasteiger partial charge in [0.05, 0.1) is 16.1 Å². The highest BCUT2D eigenvalue weighted by Gasteiger charge is 2.22. The average molecular weight is 298 g/mol. The number of para-hydroxylation sites is 1. The van der Waals surface area contributed by atoms with Crippen LogP contribution in [0.15, 0.2) is 18.2 Å². The Bertz CT molecular complexity index is 676. The summed E-state index contributed by atoms with van der Waals surface area (Å²) >= 11 is 11.5. The third-order valence-corrected chi connectivity index (χ3v) is 3.89. The van der Waals surface area contributed by atoms with Crippen molar-refractivity contribution >= 4 is 40.8 Å². The molecule has 0 saturated carbocycles. The average Bonchev–Trinajstić information content (AvgIpc) is 2.73. The molecule has 6 heteroatoms. The maximum atomic E-state index is 12.3. The topological polar surface area (TPSA) is 41.0 Å². The zero-order valence-corrected chi connectivity index (χ0v) is 12.7. The lowest BCUT2D eigenvalue weighted by Gasteiger charge is -2.21. The fourth-order valence-electron chi connectivity index (χ4n) is 2.09. The number of benzene rings is 1. The van der Waals surface area contributed by atoms with E-state index in [9.17, 15) is 4.79 Å². The number of hydrogen-bond acceptors (Lipinski definition) is 2. The second-order valence-electron chi connectivity index (χ2n) is 4.46. The van der Waals surface area contributed by atoms with E-state index in [4.69, 9.17) is 23.8 Å². The first kappa shape index (κ1) is 14.1. The van der Waals surface area contributed by atoms with Crippen LogP contribution in [0, 0.1) is 4.77 Å². The molecule has 1 unspecified atom stereocenters. The van der Waals surface area contributed by atoms with Gasteiger partial charge in [-0.15, -0.1) is 0 Å². The van der Waals surface area contributed by atoms with Gasteiger partial charge in [0.15, 0.2) is 4.77 Å². The van der Waals surface area contributed by atoms with Gasteiger partial charge < -0.3 is 14.5 Å². The van der Waals surface area contributed by atoms with Crippen molar-refractivity contribution in [2.24, 2.45) is 0 Å². The fraction of sp³-hybridized carbons (Fsp3) is 0.385. The maximum Gasteiger partial charge on any atom is 0.245 e. The zero-order valence-electron chi connectivity index (χ0n) is 11.1. The van der Waals surface area contributed by atoms with Gasteiger partial charge >= 0.3 is 0 Å². The van der Waals surface area contributed by atoms with E-state index in [0.717, 1.165) is 11.0 Å². The van der Waals surface area contributed by atoms with Crippen LogP contribution in [0.4, 0.5) is 0 Å². The number of nitrogens with zero attached hydrogens (tertiary/aromatic N) is 2. The largest absolute Gasteiger partial charge is 0.344 e. The molecule has 1 aromatic heterocycles. The number of amides is 1. The lowest BCUT2D eigenvalue weighted by Crippen LogP contribution is -2.33. The third-order valence-electron chi connectivity index (χ3n) is 3.28. The van der Waals surface area contributed by atoms with E-state index in [-0.39, 0.29) is 11.9 Å². The molecule has 0 saturated heterocycles. The van der Waals surface area contributed by atoms with E-state index >= 15 is 0 Å². The van der Waals surface area contributed by atoms with Crippen molar-refractivity contribution in [2.45, 2.75) is 19.9 Å². The second-order valence-corrected chi connectivity index (χ2v) is 5.26. The van der Waals surface area contributed by atoms with Crippen molar-refractivity contribution in [1.29, 1.82) is 0 Å². The Morgan fingerprint density at radius 2 is 2.26 bits per heavy atom. The van der Waals surface area contributed by atoms with Crippen molar-refractivity contribution in [3.8, 4) is 0 Å². The van der Waals surface area contributed by atoms with Crippen LogP contribution in [0.2, 0.25) is 5.02 Å². The SMILES string of the molecule is CCN(C)C(=O)C(C)n1c(=S)[nH]c2cccc(Cl)c21. The van der Waals surface area contributed by atoms with Crippen LogP contribution in [0.25, 0.3) is 11.0 Å². The minimum Gasteiger partial charge on any atom is -0.344 e. The first-order chi connectivity index (χ1) is 8.97. The summed E-state index contributed by atoms with van der Waals surface area (Å²) in [6.07, 6.45) is 0. The van der Waals surface area contributed by atoms with Crippen LogP contribution in [0.1, 0.15) is 19.9 Å². The number of rotatable bonds is 3. The molecule has 2 aromatic rings. The number of fused-ring (bicyclic) bond motifs is 1. The minimum atomic E-state index is -0.383. The maximum absolute atomic E-state index is 12.3. The van der Waals surface area contributed by atoms with Crippen LogP contribution >= 0.6 is 23.8 Å². The first-order valence-corrected chi connectivity index (χ1v) is 6.89. The van der Waals surface area contributed by atoms with Crippen molar-refractivity contribution < 1.29 is 4.79 Å². The van der Waals surface area contributed by atoms with E-state index in [1.54, 1.807) is 22.6 Å². The molecule has 2 rings (SSSR count). The number of aromatic amines is 1. The van der Waals surface area contributed by atoms with Gasteiger partial charge in [-0.2, -0.15) is 0 Å². The summed E-state index contributed by atoms with van der Waals surface area (Å²) in [5.74, 6) is 0.0134. The molecule has 1 amide bonds. The summed E-state index contributed by atoms with van der Waals surface area (Å²) in [5, 5.41) is 0.587. The molecule has 0 radical (unpaired) electrons. The van der Waals surface area contributed by atoms with Gasteiger partial charge in [-0.3, -0.25) is 4.79 Å². The Morgan fingerprint density at radius 3 is 2.89 bits per heavy atom. The number of nitrogens with one attached hydrogen (secondary N) is 1. The number of carbonyl (C=O) groups excluding carboxylic acids is 1. The summed E-state index contributed by atoms with van der Waals surface area (Å²) in [6, 6.07) is 5.16. The van der Waals surface area contributed by atoms with Crippen molar-refractivity contribution in [3.63, 3.8) is 0 Å². The van der Waals surface area contributed by atoms with Gasteiger partial charge in [-0.25, -0.2) is 0 Å². The van der Waals surface area contributed by atoms with E-state index in [2.05, 4.69) is 4.98 Å². The van der Waals surface area contributed by atoms with Gasteiger partial charge in [-0.1, -0.05) is 17.7 Å². The Hall–Kier alpha value is -1.33. The lowest BCUT2D eigenvalue weighted by atomic mass is 10.2. The highest BCUT2D eigenvalue weighted by molar-refractivity contribution is 7.71. The van der Waals surface area contributed by atoms with Crippen LogP contribution in [-0.4, -0.2) is 34.0 Å². The zero-order chi connectivity index (χ0) is 14.2. The Morgan fingerprint density at radius 1 is 1.58 bits per heavy atom. The Balaban J connectivity index is 2.59. The fourth-order valence-corrected chi connectivity index (χ4v) is 2.72. The van der Waals surface area contributed by atoms with Gasteiger partial charge in [0, 0.05) is 13.6 Å². The number of hydrogen-bond donors (Lipinski definition) is 1. The van der Waals surface area contributed by atoms with Crippen LogP contribution in [0.5, 0.6) is 0 Å².